The van der Waals surface area contributed by atoms with Gasteiger partial charge in [-0.2, -0.15) is 0 Å². The molecule has 4 N–H and O–H groups in total. The Morgan fingerprint density at radius 2 is 1.81 bits per heavy atom. The molecule has 31 heavy (non-hydrogen) atoms. The summed E-state index contributed by atoms with van der Waals surface area (Å²) in [5, 5.41) is 34.1. The van der Waals surface area contributed by atoms with E-state index in [4.69, 9.17) is 20.4 Å². The number of benzene rings is 1. The van der Waals surface area contributed by atoms with Crippen molar-refractivity contribution in [3.63, 3.8) is 0 Å². The Labute approximate surface area is 181 Å². The van der Waals surface area contributed by atoms with Crippen molar-refractivity contribution >= 4 is 22.8 Å². The number of carboxylic acid groups (broad SMARTS) is 2. The first-order valence-corrected chi connectivity index (χ1v) is 10.8. The van der Waals surface area contributed by atoms with Gasteiger partial charge < -0.3 is 29.9 Å². The van der Waals surface area contributed by atoms with Gasteiger partial charge in [-0.25, -0.2) is 9.59 Å². The number of likely N-dealkylation sites (tertiary alicyclic amines) is 1. The largest absolute Gasteiger partial charge is 0.479 e. The molecule has 8 nitrogen and oxygen atoms in total. The molecule has 0 amide bonds. The van der Waals surface area contributed by atoms with Crippen molar-refractivity contribution in [1.29, 1.82) is 0 Å². The van der Waals surface area contributed by atoms with Crippen LogP contribution in [0, 0.1) is 5.92 Å². The summed E-state index contributed by atoms with van der Waals surface area (Å²) in [7, 11) is 2.32. The fraction of sp³-hybridized carbons (Fsp3) is 0.565. The van der Waals surface area contributed by atoms with E-state index >= 15 is 0 Å². The topological polar surface area (TPSA) is 123 Å². The first-order valence-electron chi connectivity index (χ1n) is 10.8. The first kappa shape index (κ1) is 23.2. The number of aliphatic hydroxyl groups is 2. The molecule has 2 heterocycles. The highest BCUT2D eigenvalue weighted by Gasteiger charge is 2.38. The van der Waals surface area contributed by atoms with Crippen LogP contribution in [0.1, 0.15) is 43.7 Å². The number of aliphatic hydroxyl groups excluding tert-OH is 2. The Kier molecular flexibility index (Phi) is 7.03. The van der Waals surface area contributed by atoms with E-state index in [2.05, 4.69) is 54.8 Å². The van der Waals surface area contributed by atoms with Gasteiger partial charge in [-0.3, -0.25) is 0 Å². The first-order chi connectivity index (χ1) is 14.6. The normalized spacial score (nSPS) is 24.6. The number of piperidine rings is 1. The highest BCUT2D eigenvalue weighted by molar-refractivity contribution is 5.89. The summed E-state index contributed by atoms with van der Waals surface area (Å²) in [6.45, 7) is 7.07. The maximum absolute atomic E-state index is 9.77. The molecular weight excluding hydrogens is 400 g/mol. The van der Waals surface area contributed by atoms with Crippen LogP contribution >= 0.6 is 0 Å². The molecule has 2 aromatic rings. The van der Waals surface area contributed by atoms with Gasteiger partial charge in [0, 0.05) is 42.1 Å². The third kappa shape index (κ3) is 4.61. The zero-order valence-corrected chi connectivity index (χ0v) is 18.2. The minimum absolute atomic E-state index is 0.705. The van der Waals surface area contributed by atoms with Crippen LogP contribution in [0.5, 0.6) is 0 Å². The number of aromatic nitrogens is 1. The molecule has 170 valence electrons. The summed E-state index contributed by atoms with van der Waals surface area (Å²) in [6, 6.07) is 7.69. The van der Waals surface area contributed by atoms with Crippen molar-refractivity contribution in [3.8, 4) is 0 Å². The van der Waals surface area contributed by atoms with E-state index in [1.807, 2.05) is 0 Å². The van der Waals surface area contributed by atoms with Crippen LogP contribution in [0.4, 0.5) is 0 Å². The van der Waals surface area contributed by atoms with E-state index < -0.39 is 24.1 Å². The van der Waals surface area contributed by atoms with E-state index in [0.29, 0.717) is 6.04 Å². The molecule has 8 heteroatoms. The molecule has 0 bridgehead atoms. The molecule has 2 aliphatic rings. The quantitative estimate of drug-likeness (QED) is 0.569. The average Bonchev–Trinajstić information content (AvgIpc) is 3.07. The van der Waals surface area contributed by atoms with Crippen molar-refractivity contribution in [3.05, 3.63) is 35.5 Å². The number of rotatable bonds is 5. The van der Waals surface area contributed by atoms with Gasteiger partial charge in [0.1, 0.15) is 0 Å². The van der Waals surface area contributed by atoms with Gasteiger partial charge in [-0.1, -0.05) is 26.0 Å². The fourth-order valence-corrected chi connectivity index (χ4v) is 5.09. The maximum atomic E-state index is 9.77. The van der Waals surface area contributed by atoms with Crippen LogP contribution in [0.3, 0.4) is 0 Å². The number of hydrogen-bond donors (Lipinski definition) is 4. The summed E-state index contributed by atoms with van der Waals surface area (Å²) in [4.78, 5) is 22.2. The lowest BCUT2D eigenvalue weighted by Gasteiger charge is -2.44. The summed E-state index contributed by atoms with van der Waals surface area (Å²) in [5.41, 5.74) is 4.66. The van der Waals surface area contributed by atoms with Crippen LogP contribution < -0.4 is 0 Å². The average molecular weight is 433 g/mol. The highest BCUT2D eigenvalue weighted by Crippen LogP contribution is 2.44. The Balaban J connectivity index is 0.000000233. The maximum Gasteiger partial charge on any atom is 0.335 e. The second-order valence-electron chi connectivity index (χ2n) is 8.81. The van der Waals surface area contributed by atoms with Gasteiger partial charge in [-0.05, 0) is 49.4 Å². The Morgan fingerprint density at radius 3 is 2.39 bits per heavy atom. The van der Waals surface area contributed by atoms with Crippen molar-refractivity contribution < 1.29 is 30.0 Å². The lowest BCUT2D eigenvalue weighted by atomic mass is 9.73. The molecule has 0 radical (unpaired) electrons. The minimum Gasteiger partial charge on any atom is -0.479 e. The number of fused-ring (bicyclic) bond motifs is 2. The molecule has 0 spiro atoms. The van der Waals surface area contributed by atoms with Crippen LogP contribution in [-0.2, 0) is 22.6 Å². The van der Waals surface area contributed by atoms with E-state index in [1.54, 1.807) is 16.5 Å². The predicted molar refractivity (Wildman–Crippen MR) is 116 cm³/mol. The van der Waals surface area contributed by atoms with E-state index in [9.17, 15) is 9.59 Å². The molecule has 1 aromatic heterocycles. The smallest absolute Gasteiger partial charge is 0.335 e. The predicted octanol–water partition coefficient (Wildman–Crippen LogP) is 1.91. The van der Waals surface area contributed by atoms with Crippen LogP contribution in [0.25, 0.3) is 10.9 Å². The van der Waals surface area contributed by atoms with E-state index in [-0.39, 0.29) is 0 Å². The van der Waals surface area contributed by atoms with Crippen molar-refractivity contribution in [1.82, 2.24) is 9.47 Å². The van der Waals surface area contributed by atoms with Gasteiger partial charge >= 0.3 is 11.9 Å². The SMILES string of the molecule is CCCn1cc2c3c(cccc31)C1CC(C)CN(C)C1C2.O=C(O)C(O)C(O)C(=O)O. The highest BCUT2D eigenvalue weighted by atomic mass is 16.4. The van der Waals surface area contributed by atoms with Gasteiger partial charge in [0.25, 0.3) is 0 Å². The fourth-order valence-electron chi connectivity index (χ4n) is 5.09. The van der Waals surface area contributed by atoms with Gasteiger partial charge in [0.15, 0.2) is 12.2 Å². The standard InChI is InChI=1S/C19H26N2.C4H6O6/c1-4-8-21-12-14-10-18-16(9-13(2)11-20(18)3)15-6-5-7-17(21)19(14)15;5-1(3(7)8)2(6)4(9)10/h5-7,12-13,16,18H,4,8-11H2,1-3H3;1-2,5-6H,(H,7,8)(H,9,10). The molecule has 5 unspecified atom stereocenters. The molecule has 1 fully saturated rings. The molecule has 0 saturated carbocycles. The molecule has 5 atom stereocenters. The Hall–Kier alpha value is -2.42. The second-order valence-corrected chi connectivity index (χ2v) is 8.81. The number of aliphatic carboxylic acids is 2. The summed E-state index contributed by atoms with van der Waals surface area (Å²) >= 11 is 0. The molecule has 1 aliphatic carbocycles. The zero-order valence-electron chi connectivity index (χ0n) is 18.2. The van der Waals surface area contributed by atoms with Crippen molar-refractivity contribution in [2.75, 3.05) is 13.6 Å². The lowest BCUT2D eigenvalue weighted by Crippen LogP contribution is -2.47. The number of carbonyl (C=O) groups is 2. The van der Waals surface area contributed by atoms with Crippen molar-refractivity contribution in [2.24, 2.45) is 5.92 Å². The third-order valence-corrected chi connectivity index (χ3v) is 6.40. The zero-order chi connectivity index (χ0) is 22.9. The summed E-state index contributed by atoms with van der Waals surface area (Å²) < 4.78 is 2.48. The van der Waals surface area contributed by atoms with Gasteiger partial charge in [0.05, 0.1) is 0 Å². The number of nitrogens with zero attached hydrogens (tertiary/aromatic N) is 2. The molecule has 4 rings (SSSR count). The lowest BCUT2D eigenvalue weighted by molar-refractivity contribution is -0.165. The van der Waals surface area contributed by atoms with Gasteiger partial charge in [0.2, 0.25) is 0 Å². The van der Waals surface area contributed by atoms with Crippen LogP contribution in [0.15, 0.2) is 24.4 Å². The molecule has 1 saturated heterocycles. The number of likely N-dealkylation sites (N-methyl/N-ethyl adjacent to an activating group) is 1. The summed E-state index contributed by atoms with van der Waals surface area (Å²) in [6.07, 6.45) is 1.69. The van der Waals surface area contributed by atoms with Gasteiger partial charge in [-0.15, -0.1) is 0 Å². The Morgan fingerprint density at radius 1 is 1.16 bits per heavy atom. The molecule has 1 aromatic carbocycles. The van der Waals surface area contributed by atoms with E-state index in [1.165, 1.54) is 31.3 Å². The van der Waals surface area contributed by atoms with E-state index in [0.717, 1.165) is 18.4 Å². The molecule has 1 aliphatic heterocycles. The number of hydrogen-bond acceptors (Lipinski definition) is 5. The summed E-state index contributed by atoms with van der Waals surface area (Å²) in [5.74, 6) is -2.00. The third-order valence-electron chi connectivity index (χ3n) is 6.40. The number of carboxylic acids is 2. The second kappa shape index (κ2) is 9.38. The molecular formula is C23H32N2O6. The monoisotopic (exact) mass is 432 g/mol. The Bertz CT molecular complexity index is 937. The van der Waals surface area contributed by atoms with Crippen molar-refractivity contribution in [2.45, 2.75) is 63.8 Å². The van der Waals surface area contributed by atoms with Crippen LogP contribution in [-0.4, -0.2) is 73.7 Å². The minimum atomic E-state index is -2.27. The number of aryl methyl sites for hydroxylation is 1. The van der Waals surface area contributed by atoms with Crippen LogP contribution in [0.2, 0.25) is 0 Å².